The lowest BCUT2D eigenvalue weighted by molar-refractivity contribution is -0.161. The zero-order chi connectivity index (χ0) is 27.1. The number of esters is 1. The lowest BCUT2D eigenvalue weighted by Crippen LogP contribution is -2.58. The third kappa shape index (κ3) is 4.01. The molecule has 8 nitrogen and oxygen atoms in total. The predicted octanol–water partition coefficient (Wildman–Crippen LogP) is 3.43. The quantitative estimate of drug-likeness (QED) is 0.368. The molecule has 3 fully saturated rings. The van der Waals surface area contributed by atoms with Crippen molar-refractivity contribution in [3.05, 3.63) is 54.1 Å². The van der Waals surface area contributed by atoms with E-state index < -0.39 is 41.1 Å². The molecule has 3 aliphatic heterocycles. The van der Waals surface area contributed by atoms with Crippen molar-refractivity contribution >= 4 is 35.1 Å². The van der Waals surface area contributed by atoms with Crippen LogP contribution in [0.2, 0.25) is 5.02 Å². The number of hydrogen-bond acceptors (Lipinski definition) is 6. The van der Waals surface area contributed by atoms with Crippen LogP contribution in [0.3, 0.4) is 0 Å². The summed E-state index contributed by atoms with van der Waals surface area (Å²) in [5.41, 5.74) is -0.831. The molecular weight excluding hydrogens is 496 g/mol. The molecule has 1 N–H and O–H groups in total. The summed E-state index contributed by atoms with van der Waals surface area (Å²) in [6, 6.07) is 3.63. The fourth-order valence-corrected chi connectivity index (χ4v) is 6.94. The maximum Gasteiger partial charge on any atom is 0.313 e. The zero-order valence-electron chi connectivity index (χ0n) is 21.6. The van der Waals surface area contributed by atoms with E-state index in [1.54, 1.807) is 25.1 Å². The molecule has 0 saturated carbocycles. The second-order valence-corrected chi connectivity index (χ2v) is 10.6. The van der Waals surface area contributed by atoms with Crippen LogP contribution < -0.4 is 4.90 Å². The fourth-order valence-electron chi connectivity index (χ4n) is 6.62. The molecule has 0 aliphatic carbocycles. The van der Waals surface area contributed by atoms with E-state index >= 15 is 0 Å². The Labute approximate surface area is 222 Å². The number of aliphatic hydroxyl groups excluding tert-OH is 1. The highest BCUT2D eigenvalue weighted by Gasteiger charge is 2.79. The van der Waals surface area contributed by atoms with Crippen LogP contribution >= 0.6 is 11.6 Å². The Balaban J connectivity index is 1.86. The van der Waals surface area contributed by atoms with Crippen molar-refractivity contribution in [1.82, 2.24) is 4.90 Å². The van der Waals surface area contributed by atoms with Gasteiger partial charge in [0.2, 0.25) is 5.91 Å². The summed E-state index contributed by atoms with van der Waals surface area (Å²) in [6.07, 6.45) is 4.50. The predicted molar refractivity (Wildman–Crippen MR) is 140 cm³/mol. The third-order valence-corrected chi connectivity index (χ3v) is 8.53. The lowest BCUT2D eigenvalue weighted by atomic mass is 9.65. The van der Waals surface area contributed by atoms with Crippen molar-refractivity contribution in [2.24, 2.45) is 11.8 Å². The van der Waals surface area contributed by atoms with Crippen molar-refractivity contribution in [3.8, 4) is 0 Å². The molecule has 200 valence electrons. The van der Waals surface area contributed by atoms with Gasteiger partial charge in [0, 0.05) is 6.54 Å². The molecule has 9 heteroatoms. The van der Waals surface area contributed by atoms with Gasteiger partial charge in [0.25, 0.3) is 5.91 Å². The maximum atomic E-state index is 14.5. The van der Waals surface area contributed by atoms with Gasteiger partial charge in [0.15, 0.2) is 0 Å². The van der Waals surface area contributed by atoms with E-state index in [9.17, 15) is 19.5 Å². The van der Waals surface area contributed by atoms with E-state index in [1.807, 2.05) is 19.9 Å². The number of ether oxygens (including phenoxy) is 2. The zero-order valence-corrected chi connectivity index (χ0v) is 22.4. The molecule has 6 atom stereocenters. The van der Waals surface area contributed by atoms with Crippen molar-refractivity contribution < 1.29 is 29.0 Å². The molecule has 2 bridgehead atoms. The lowest BCUT2D eigenvalue weighted by Gasteiger charge is -2.39. The molecule has 2 amide bonds. The van der Waals surface area contributed by atoms with E-state index in [1.165, 1.54) is 15.9 Å². The Hall–Kier alpha value is -2.68. The summed E-state index contributed by atoms with van der Waals surface area (Å²) in [5.74, 6) is -3.07. The average Bonchev–Trinajstić information content (AvgIpc) is 3.49. The molecule has 4 rings (SSSR count). The van der Waals surface area contributed by atoms with Crippen LogP contribution in [0.1, 0.15) is 38.7 Å². The molecule has 37 heavy (non-hydrogen) atoms. The first-order chi connectivity index (χ1) is 17.6. The summed E-state index contributed by atoms with van der Waals surface area (Å²) in [6.45, 7) is 12.7. The first-order valence-corrected chi connectivity index (χ1v) is 13.1. The third-order valence-electron chi connectivity index (χ3n) is 8.23. The number of benzene rings is 1. The molecular formula is C28H35ClN2O6. The summed E-state index contributed by atoms with van der Waals surface area (Å²) < 4.78 is 12.1. The van der Waals surface area contributed by atoms with Gasteiger partial charge in [0.05, 0.1) is 34.9 Å². The molecule has 3 saturated heterocycles. The number of likely N-dealkylation sites (tertiary alicyclic amines) is 1. The normalized spacial score (nSPS) is 30.7. The van der Waals surface area contributed by atoms with E-state index in [0.717, 1.165) is 5.56 Å². The number of aryl methyl sites for hydroxylation is 1. The second-order valence-electron chi connectivity index (χ2n) is 10.2. The van der Waals surface area contributed by atoms with Gasteiger partial charge in [-0.2, -0.15) is 0 Å². The van der Waals surface area contributed by atoms with Crippen LogP contribution in [0.15, 0.2) is 43.5 Å². The summed E-state index contributed by atoms with van der Waals surface area (Å²) >= 11 is 6.56. The van der Waals surface area contributed by atoms with Gasteiger partial charge in [-0.1, -0.05) is 49.4 Å². The highest BCUT2D eigenvalue weighted by atomic mass is 35.5. The Morgan fingerprint density at radius 3 is 2.68 bits per heavy atom. The van der Waals surface area contributed by atoms with Crippen LogP contribution in [-0.2, 0) is 23.9 Å². The Morgan fingerprint density at radius 2 is 2.08 bits per heavy atom. The van der Waals surface area contributed by atoms with Crippen molar-refractivity contribution in [2.75, 3.05) is 24.7 Å². The first kappa shape index (κ1) is 27.4. The van der Waals surface area contributed by atoms with Gasteiger partial charge in [-0.25, -0.2) is 0 Å². The first-order valence-electron chi connectivity index (χ1n) is 12.7. The maximum absolute atomic E-state index is 14.5. The largest absolute Gasteiger partial charge is 0.461 e. The van der Waals surface area contributed by atoms with E-state index in [-0.39, 0.29) is 31.6 Å². The molecule has 0 aromatic heterocycles. The number of anilines is 1. The van der Waals surface area contributed by atoms with Crippen LogP contribution in [-0.4, -0.2) is 70.8 Å². The Bertz CT molecular complexity index is 1100. The fraction of sp³-hybridized carbons (Fsp3) is 0.536. The molecule has 0 radical (unpaired) electrons. The molecule has 1 aromatic rings. The highest BCUT2D eigenvalue weighted by molar-refractivity contribution is 6.34. The van der Waals surface area contributed by atoms with Crippen LogP contribution in [0.4, 0.5) is 5.69 Å². The van der Waals surface area contributed by atoms with Crippen LogP contribution in [0, 0.1) is 18.8 Å². The number of carbonyl (C=O) groups is 3. The highest BCUT2D eigenvalue weighted by Crippen LogP contribution is 2.65. The number of amides is 2. The monoisotopic (exact) mass is 530 g/mol. The molecule has 2 unspecified atom stereocenters. The minimum atomic E-state index is -1.24. The van der Waals surface area contributed by atoms with E-state index in [0.29, 0.717) is 30.0 Å². The SMILES string of the molecule is C=CCOC(=O)[C@H]1[C@H]2C(=O)N([C@H](C)CO)C(C(=O)N(CC=C)c3c(C)cccc3Cl)C23CC[C@]1(CC)O3. The number of carbonyl (C=O) groups excluding carboxylic acids is 3. The summed E-state index contributed by atoms with van der Waals surface area (Å²) in [5, 5.41) is 10.5. The number of hydrogen-bond donors (Lipinski definition) is 1. The van der Waals surface area contributed by atoms with Crippen molar-refractivity contribution in [2.45, 2.75) is 63.3 Å². The van der Waals surface area contributed by atoms with Crippen LogP contribution in [0.25, 0.3) is 0 Å². The second kappa shape index (κ2) is 10.2. The van der Waals surface area contributed by atoms with Gasteiger partial charge < -0.3 is 24.4 Å². The molecule has 1 aromatic carbocycles. The van der Waals surface area contributed by atoms with E-state index in [2.05, 4.69) is 13.2 Å². The average molecular weight is 531 g/mol. The summed E-state index contributed by atoms with van der Waals surface area (Å²) in [7, 11) is 0. The Morgan fingerprint density at radius 1 is 1.35 bits per heavy atom. The summed E-state index contributed by atoms with van der Waals surface area (Å²) in [4.78, 5) is 44.8. The molecule has 3 aliphatic rings. The van der Waals surface area contributed by atoms with Crippen molar-refractivity contribution in [3.63, 3.8) is 0 Å². The van der Waals surface area contributed by atoms with Crippen molar-refractivity contribution in [1.29, 1.82) is 0 Å². The van der Waals surface area contributed by atoms with Gasteiger partial charge in [0.1, 0.15) is 24.2 Å². The topological polar surface area (TPSA) is 96.4 Å². The standard InChI is InChI=1S/C28H35ClN2O6/c1-6-14-30(22-17(4)10-9-11-19(22)29)25(34)23-28-13-12-27(8-3,37-28)21(26(35)36-15-7-2)20(28)24(33)31(23)18(5)16-32/h6-7,9-11,18,20-21,23,32H,1-2,8,12-16H2,3-5H3/t18-,20+,21-,23?,27+,28?/m1/s1. The molecule has 1 spiro atoms. The van der Waals surface area contributed by atoms with Crippen LogP contribution in [0.5, 0.6) is 0 Å². The number of nitrogens with zero attached hydrogens (tertiary/aromatic N) is 2. The Kier molecular flexibility index (Phi) is 7.57. The minimum absolute atomic E-state index is 0.0149. The smallest absolute Gasteiger partial charge is 0.313 e. The van der Waals surface area contributed by atoms with Gasteiger partial charge in [-0.05, 0) is 44.7 Å². The number of aliphatic hydroxyl groups is 1. The van der Waals surface area contributed by atoms with Gasteiger partial charge >= 0.3 is 5.97 Å². The number of fused-ring (bicyclic) bond motifs is 1. The van der Waals surface area contributed by atoms with Gasteiger partial charge in [-0.3, -0.25) is 14.4 Å². The number of rotatable bonds is 10. The van der Waals surface area contributed by atoms with Gasteiger partial charge in [-0.15, -0.1) is 6.58 Å². The van der Waals surface area contributed by atoms with E-state index in [4.69, 9.17) is 21.1 Å². The molecule has 3 heterocycles. The number of para-hydroxylation sites is 1. The minimum Gasteiger partial charge on any atom is -0.461 e. The number of halogens is 1.